The minimum Gasteiger partial charge on any atom is -0.494 e. The van der Waals surface area contributed by atoms with Crippen molar-refractivity contribution in [2.45, 2.75) is 39.5 Å². The van der Waals surface area contributed by atoms with Gasteiger partial charge in [0, 0.05) is 49.8 Å². The number of hydrogen-bond donors (Lipinski definition) is 2. The summed E-state index contributed by atoms with van der Waals surface area (Å²) in [6.45, 7) is 7.43. The lowest BCUT2D eigenvalue weighted by molar-refractivity contribution is 0.254. The van der Waals surface area contributed by atoms with Crippen LogP contribution in [0, 0.1) is 0 Å². The molecule has 0 amide bonds. The van der Waals surface area contributed by atoms with Crippen molar-refractivity contribution in [2.24, 2.45) is 4.99 Å². The molecule has 0 aromatic heterocycles. The standard InChI is InChI=1S/C25H36N4O3/c1-6-30-23-14-20-13-18(2)32-24(20)15-21(23)17-28-25(26-3)27-16-19-9-7-8-10-22(19)31-12-11-29(4)5/h7-10,14-15,18H,6,11-13,16-17H2,1-5H3,(H2,26,27,28). The second kappa shape index (κ2) is 11.6. The zero-order valence-electron chi connectivity index (χ0n) is 19.9. The van der Waals surface area contributed by atoms with E-state index in [4.69, 9.17) is 14.2 Å². The summed E-state index contributed by atoms with van der Waals surface area (Å²) in [6, 6.07) is 12.3. The fourth-order valence-corrected chi connectivity index (χ4v) is 3.62. The second-order valence-electron chi connectivity index (χ2n) is 8.17. The lowest BCUT2D eigenvalue weighted by Crippen LogP contribution is -2.36. The van der Waals surface area contributed by atoms with E-state index in [1.807, 2.05) is 39.2 Å². The fourth-order valence-electron chi connectivity index (χ4n) is 3.62. The van der Waals surface area contributed by atoms with Crippen LogP contribution in [0.4, 0.5) is 0 Å². The zero-order chi connectivity index (χ0) is 22.9. The lowest BCUT2D eigenvalue weighted by Gasteiger charge is -2.17. The molecule has 0 radical (unpaired) electrons. The Morgan fingerprint density at radius 3 is 2.56 bits per heavy atom. The largest absolute Gasteiger partial charge is 0.494 e. The molecule has 174 valence electrons. The molecular formula is C25H36N4O3. The smallest absolute Gasteiger partial charge is 0.191 e. The highest BCUT2D eigenvalue weighted by molar-refractivity contribution is 5.79. The minimum atomic E-state index is 0.206. The molecule has 1 aliphatic heterocycles. The molecule has 7 nitrogen and oxygen atoms in total. The Morgan fingerprint density at radius 2 is 1.84 bits per heavy atom. The van der Waals surface area contributed by atoms with E-state index in [0.717, 1.165) is 41.3 Å². The molecule has 0 saturated heterocycles. The third kappa shape index (κ3) is 6.53. The fraction of sp³-hybridized carbons (Fsp3) is 0.480. The molecule has 2 N–H and O–H groups in total. The average molecular weight is 441 g/mol. The summed E-state index contributed by atoms with van der Waals surface area (Å²) in [5, 5.41) is 6.77. The highest BCUT2D eigenvalue weighted by Crippen LogP contribution is 2.35. The van der Waals surface area contributed by atoms with Crippen LogP contribution in [0.25, 0.3) is 0 Å². The number of aliphatic imine (C=N–C) groups is 1. The van der Waals surface area contributed by atoms with Crippen molar-refractivity contribution in [3.63, 3.8) is 0 Å². The van der Waals surface area contributed by atoms with Gasteiger partial charge in [-0.3, -0.25) is 4.99 Å². The van der Waals surface area contributed by atoms with Crippen LogP contribution in [0.5, 0.6) is 17.2 Å². The molecule has 0 spiro atoms. The van der Waals surface area contributed by atoms with E-state index in [9.17, 15) is 0 Å². The molecule has 2 aromatic rings. The van der Waals surface area contributed by atoms with Gasteiger partial charge in [0.05, 0.1) is 6.61 Å². The topological polar surface area (TPSA) is 67.3 Å². The first-order valence-electron chi connectivity index (χ1n) is 11.2. The van der Waals surface area contributed by atoms with Crippen molar-refractivity contribution >= 4 is 5.96 Å². The van der Waals surface area contributed by atoms with Crippen LogP contribution < -0.4 is 24.8 Å². The highest BCUT2D eigenvalue weighted by Gasteiger charge is 2.22. The second-order valence-corrected chi connectivity index (χ2v) is 8.17. The predicted octanol–water partition coefficient (Wildman–Crippen LogP) is 3.21. The van der Waals surface area contributed by atoms with Gasteiger partial charge < -0.3 is 29.7 Å². The third-order valence-corrected chi connectivity index (χ3v) is 5.26. The van der Waals surface area contributed by atoms with Crippen LogP contribution in [0.15, 0.2) is 41.4 Å². The van der Waals surface area contributed by atoms with Crippen LogP contribution in [0.2, 0.25) is 0 Å². The van der Waals surface area contributed by atoms with E-state index < -0.39 is 0 Å². The van der Waals surface area contributed by atoms with Gasteiger partial charge in [0.1, 0.15) is 30.0 Å². The monoisotopic (exact) mass is 440 g/mol. The van der Waals surface area contributed by atoms with Gasteiger partial charge in [-0.2, -0.15) is 0 Å². The summed E-state index contributed by atoms with van der Waals surface area (Å²) < 4.78 is 17.8. The number of fused-ring (bicyclic) bond motifs is 1. The Balaban J connectivity index is 1.60. The Hall–Kier alpha value is -2.93. The summed E-state index contributed by atoms with van der Waals surface area (Å²) in [7, 11) is 5.85. The number of para-hydroxylation sites is 1. The van der Waals surface area contributed by atoms with E-state index >= 15 is 0 Å². The van der Waals surface area contributed by atoms with Gasteiger partial charge in [0.2, 0.25) is 0 Å². The van der Waals surface area contributed by atoms with Crippen molar-refractivity contribution in [1.82, 2.24) is 15.5 Å². The van der Waals surface area contributed by atoms with E-state index in [1.165, 1.54) is 5.56 Å². The summed E-state index contributed by atoms with van der Waals surface area (Å²) >= 11 is 0. The van der Waals surface area contributed by atoms with Crippen LogP contribution in [-0.2, 0) is 19.5 Å². The molecule has 3 rings (SSSR count). The predicted molar refractivity (Wildman–Crippen MR) is 129 cm³/mol. The summed E-state index contributed by atoms with van der Waals surface area (Å²) in [5.41, 5.74) is 3.34. The van der Waals surface area contributed by atoms with E-state index in [2.05, 4.69) is 45.6 Å². The maximum Gasteiger partial charge on any atom is 0.191 e. The number of benzene rings is 2. The van der Waals surface area contributed by atoms with Crippen molar-refractivity contribution < 1.29 is 14.2 Å². The Bertz CT molecular complexity index is 914. The van der Waals surface area contributed by atoms with Crippen molar-refractivity contribution in [3.8, 4) is 17.2 Å². The van der Waals surface area contributed by atoms with E-state index in [-0.39, 0.29) is 6.10 Å². The summed E-state index contributed by atoms with van der Waals surface area (Å²) in [4.78, 5) is 6.47. The number of rotatable bonds is 10. The molecule has 0 fully saturated rings. The van der Waals surface area contributed by atoms with Crippen LogP contribution in [-0.4, -0.2) is 57.9 Å². The first kappa shape index (κ1) is 23.7. The van der Waals surface area contributed by atoms with Crippen LogP contribution in [0.3, 0.4) is 0 Å². The number of likely N-dealkylation sites (N-methyl/N-ethyl adjacent to an activating group) is 1. The molecule has 0 aliphatic carbocycles. The van der Waals surface area contributed by atoms with Gasteiger partial charge in [-0.05, 0) is 46.1 Å². The Morgan fingerprint density at radius 1 is 1.09 bits per heavy atom. The zero-order valence-corrected chi connectivity index (χ0v) is 19.9. The molecule has 1 atom stereocenters. The molecular weight excluding hydrogens is 404 g/mol. The highest BCUT2D eigenvalue weighted by atomic mass is 16.5. The van der Waals surface area contributed by atoms with Gasteiger partial charge in [0.25, 0.3) is 0 Å². The molecule has 1 heterocycles. The summed E-state index contributed by atoms with van der Waals surface area (Å²) in [5.74, 6) is 3.45. The van der Waals surface area contributed by atoms with Gasteiger partial charge in [-0.15, -0.1) is 0 Å². The Labute approximate surface area is 191 Å². The molecule has 0 bridgehead atoms. The van der Waals surface area contributed by atoms with Crippen LogP contribution >= 0.6 is 0 Å². The molecule has 1 unspecified atom stereocenters. The third-order valence-electron chi connectivity index (χ3n) is 5.26. The SMILES string of the molecule is CCOc1cc2c(cc1CNC(=NC)NCc1ccccc1OCCN(C)C)OC(C)C2. The molecule has 1 aliphatic rings. The van der Waals surface area contributed by atoms with E-state index in [0.29, 0.717) is 32.3 Å². The molecule has 0 saturated carbocycles. The van der Waals surface area contributed by atoms with Gasteiger partial charge in [0.15, 0.2) is 5.96 Å². The van der Waals surface area contributed by atoms with Crippen molar-refractivity contribution in [2.75, 3.05) is 40.9 Å². The van der Waals surface area contributed by atoms with Crippen molar-refractivity contribution in [3.05, 3.63) is 53.1 Å². The quantitative estimate of drug-likeness (QED) is 0.437. The van der Waals surface area contributed by atoms with Gasteiger partial charge in [-0.1, -0.05) is 18.2 Å². The van der Waals surface area contributed by atoms with Crippen LogP contribution in [0.1, 0.15) is 30.5 Å². The first-order valence-corrected chi connectivity index (χ1v) is 11.2. The van der Waals surface area contributed by atoms with Gasteiger partial charge in [-0.25, -0.2) is 0 Å². The maximum atomic E-state index is 5.96. The number of hydrogen-bond acceptors (Lipinski definition) is 5. The number of ether oxygens (including phenoxy) is 3. The number of nitrogens with zero attached hydrogens (tertiary/aromatic N) is 2. The van der Waals surface area contributed by atoms with Crippen molar-refractivity contribution in [1.29, 1.82) is 0 Å². The number of guanidine groups is 1. The summed E-state index contributed by atoms with van der Waals surface area (Å²) in [6.07, 6.45) is 1.12. The molecule has 2 aromatic carbocycles. The number of nitrogens with one attached hydrogen (secondary N) is 2. The molecule has 7 heteroatoms. The normalized spacial score (nSPS) is 15.3. The minimum absolute atomic E-state index is 0.206. The Kier molecular flexibility index (Phi) is 8.62. The van der Waals surface area contributed by atoms with E-state index in [1.54, 1.807) is 7.05 Å². The van der Waals surface area contributed by atoms with Gasteiger partial charge >= 0.3 is 0 Å². The molecule has 32 heavy (non-hydrogen) atoms. The first-order chi connectivity index (χ1) is 15.5. The maximum absolute atomic E-state index is 5.96. The average Bonchev–Trinajstić information content (AvgIpc) is 3.13. The lowest BCUT2D eigenvalue weighted by atomic mass is 10.1.